The van der Waals surface area contributed by atoms with Crippen LogP contribution < -0.4 is 16.2 Å². The van der Waals surface area contributed by atoms with Crippen LogP contribution in [-0.2, 0) is 13.6 Å². The average molecular weight is 513 g/mol. The van der Waals surface area contributed by atoms with Gasteiger partial charge < -0.3 is 5.32 Å². The highest BCUT2D eigenvalue weighted by Crippen LogP contribution is 2.40. The summed E-state index contributed by atoms with van der Waals surface area (Å²) in [6.45, 7) is 2.18. The maximum atomic E-state index is 13.4. The number of carbonyl (C=O) groups excluding carboxylic acids is 1. The molecule has 1 aromatic carbocycles. The number of hydrogen-bond donors (Lipinski definition) is 3. The molecule has 35 heavy (non-hydrogen) atoms. The predicted molar refractivity (Wildman–Crippen MR) is 135 cm³/mol. The highest BCUT2D eigenvalue weighted by Gasteiger charge is 2.28. The van der Waals surface area contributed by atoms with E-state index in [9.17, 15) is 9.18 Å². The highest BCUT2D eigenvalue weighted by atomic mass is 35.5. The van der Waals surface area contributed by atoms with E-state index < -0.39 is 0 Å². The van der Waals surface area contributed by atoms with Crippen LogP contribution in [0.25, 0.3) is 11.0 Å². The van der Waals surface area contributed by atoms with Gasteiger partial charge in [-0.25, -0.2) is 9.37 Å². The molecular weight excluding hydrogens is 491 g/mol. The van der Waals surface area contributed by atoms with Crippen LogP contribution in [0.3, 0.4) is 0 Å². The van der Waals surface area contributed by atoms with Gasteiger partial charge in [-0.05, 0) is 55.7 Å². The summed E-state index contributed by atoms with van der Waals surface area (Å²) in [7, 11) is 1.81. The van der Waals surface area contributed by atoms with E-state index in [1.807, 2.05) is 20.0 Å². The number of aryl methyl sites for hydroxylation is 2. The molecule has 0 atom stereocenters. The minimum atomic E-state index is -0.359. The first kappa shape index (κ1) is 23.2. The summed E-state index contributed by atoms with van der Waals surface area (Å²) in [5.41, 5.74) is 8.83. The van der Waals surface area contributed by atoms with Gasteiger partial charge in [0, 0.05) is 24.9 Å². The van der Waals surface area contributed by atoms with Crippen molar-refractivity contribution in [2.24, 2.45) is 7.05 Å². The number of rotatable bonds is 5. The molecule has 0 aliphatic heterocycles. The molecule has 1 amide bonds. The second-order valence-corrected chi connectivity index (χ2v) is 9.28. The lowest BCUT2D eigenvalue weighted by Gasteiger charge is -2.12. The van der Waals surface area contributed by atoms with E-state index in [0.29, 0.717) is 39.9 Å². The van der Waals surface area contributed by atoms with Crippen LogP contribution >= 0.6 is 23.8 Å². The zero-order valence-corrected chi connectivity index (χ0v) is 20.5. The van der Waals surface area contributed by atoms with Crippen molar-refractivity contribution in [2.45, 2.75) is 32.2 Å². The Balaban J connectivity index is 1.26. The Morgan fingerprint density at radius 1 is 1.26 bits per heavy atom. The lowest BCUT2D eigenvalue weighted by atomic mass is 10.1. The molecule has 1 saturated carbocycles. The molecular formula is C23H22ClFN8OS. The molecule has 1 fully saturated rings. The van der Waals surface area contributed by atoms with Gasteiger partial charge in [0.05, 0.1) is 23.2 Å². The topological polar surface area (TPSA) is 102 Å². The van der Waals surface area contributed by atoms with E-state index in [-0.39, 0.29) is 16.8 Å². The molecule has 3 heterocycles. The van der Waals surface area contributed by atoms with Gasteiger partial charge in [-0.1, -0.05) is 23.7 Å². The number of nitrogens with one attached hydrogen (secondary N) is 3. The molecule has 1 aliphatic carbocycles. The van der Waals surface area contributed by atoms with Crippen molar-refractivity contribution < 1.29 is 9.18 Å². The van der Waals surface area contributed by atoms with Crippen LogP contribution in [0, 0.1) is 12.7 Å². The van der Waals surface area contributed by atoms with Crippen molar-refractivity contribution in [3.8, 4) is 0 Å². The Labute approximate surface area is 210 Å². The van der Waals surface area contributed by atoms with Crippen LogP contribution in [0.5, 0.6) is 0 Å². The summed E-state index contributed by atoms with van der Waals surface area (Å²) in [6, 6.07) is 8.06. The second-order valence-electron chi connectivity index (χ2n) is 8.46. The maximum absolute atomic E-state index is 13.4. The number of nitrogens with zero attached hydrogens (tertiary/aromatic N) is 5. The standard InChI is InChI=1S/C23H22ClFN8OS/c1-12-19-16(9-18(14-6-7-14)26-21(19)32(2)30-12)22(34)28-29-23(35)27-20-17(24)11-33(31-20)10-13-4-3-5-15(25)8-13/h3-5,8-9,11,14H,6-7,10H2,1-2H3,(H,28,34)(H2,27,29,31,35). The Bertz CT molecular complexity index is 1460. The van der Waals surface area contributed by atoms with Crippen LogP contribution in [-0.4, -0.2) is 35.6 Å². The lowest BCUT2D eigenvalue weighted by Crippen LogP contribution is -2.44. The molecule has 4 aromatic rings. The van der Waals surface area contributed by atoms with Crippen molar-refractivity contribution in [2.75, 3.05) is 5.32 Å². The smallest absolute Gasteiger partial charge is 0.270 e. The van der Waals surface area contributed by atoms with Crippen LogP contribution in [0.1, 0.15) is 46.1 Å². The summed E-state index contributed by atoms with van der Waals surface area (Å²) in [5, 5.41) is 12.8. The molecule has 0 spiro atoms. The number of thiocarbonyl (C=S) groups is 1. The number of anilines is 1. The molecule has 0 bridgehead atoms. The van der Waals surface area contributed by atoms with Gasteiger partial charge >= 0.3 is 0 Å². The largest absolute Gasteiger partial charge is 0.313 e. The third-order valence-electron chi connectivity index (χ3n) is 5.70. The van der Waals surface area contributed by atoms with E-state index in [1.54, 1.807) is 27.7 Å². The number of pyridine rings is 1. The van der Waals surface area contributed by atoms with E-state index in [0.717, 1.165) is 29.8 Å². The van der Waals surface area contributed by atoms with Crippen molar-refractivity contribution in [1.82, 2.24) is 35.4 Å². The molecule has 180 valence electrons. The minimum Gasteiger partial charge on any atom is -0.313 e. The molecule has 3 aromatic heterocycles. The first-order chi connectivity index (χ1) is 16.8. The Kier molecular flexibility index (Phi) is 6.12. The first-order valence-electron chi connectivity index (χ1n) is 11.0. The van der Waals surface area contributed by atoms with Crippen LogP contribution in [0.2, 0.25) is 5.02 Å². The van der Waals surface area contributed by atoms with Crippen molar-refractivity contribution >= 4 is 51.7 Å². The van der Waals surface area contributed by atoms with Gasteiger partial charge in [-0.15, -0.1) is 0 Å². The summed E-state index contributed by atoms with van der Waals surface area (Å²) >= 11 is 11.6. The Morgan fingerprint density at radius 2 is 2.06 bits per heavy atom. The lowest BCUT2D eigenvalue weighted by molar-refractivity contribution is 0.0945. The van der Waals surface area contributed by atoms with Gasteiger partial charge in [-0.2, -0.15) is 10.2 Å². The monoisotopic (exact) mass is 512 g/mol. The molecule has 3 N–H and O–H groups in total. The third-order valence-corrected chi connectivity index (χ3v) is 6.18. The summed E-state index contributed by atoms with van der Waals surface area (Å²) in [6.07, 6.45) is 3.73. The van der Waals surface area contributed by atoms with E-state index in [2.05, 4.69) is 26.4 Å². The van der Waals surface area contributed by atoms with Gasteiger partial charge in [0.15, 0.2) is 16.6 Å². The first-order valence-corrected chi connectivity index (χ1v) is 11.8. The highest BCUT2D eigenvalue weighted by molar-refractivity contribution is 7.80. The van der Waals surface area contributed by atoms with E-state index >= 15 is 0 Å². The fourth-order valence-electron chi connectivity index (χ4n) is 3.94. The summed E-state index contributed by atoms with van der Waals surface area (Å²) in [5.74, 6) is 0.00133. The van der Waals surface area contributed by atoms with Crippen LogP contribution in [0.15, 0.2) is 36.5 Å². The fourth-order valence-corrected chi connectivity index (χ4v) is 4.28. The van der Waals surface area contributed by atoms with Gasteiger partial charge in [0.2, 0.25) is 0 Å². The van der Waals surface area contributed by atoms with E-state index in [4.69, 9.17) is 28.8 Å². The number of benzene rings is 1. The second kappa shape index (κ2) is 9.23. The van der Waals surface area contributed by atoms with E-state index in [1.165, 1.54) is 12.1 Å². The number of amides is 1. The quantitative estimate of drug-likeness (QED) is 0.276. The van der Waals surface area contributed by atoms with Crippen molar-refractivity contribution in [1.29, 1.82) is 0 Å². The van der Waals surface area contributed by atoms with Gasteiger partial charge in [0.25, 0.3) is 5.91 Å². The third kappa shape index (κ3) is 4.96. The Morgan fingerprint density at radius 3 is 2.80 bits per heavy atom. The van der Waals surface area contributed by atoms with Gasteiger partial charge in [0.1, 0.15) is 10.8 Å². The number of carbonyl (C=O) groups is 1. The molecule has 12 heteroatoms. The molecule has 0 unspecified atom stereocenters. The Hall–Kier alpha value is -3.57. The number of aromatic nitrogens is 5. The molecule has 0 radical (unpaired) electrons. The zero-order chi connectivity index (χ0) is 24.7. The number of hydrazine groups is 1. The van der Waals surface area contributed by atoms with Crippen molar-refractivity contribution in [3.63, 3.8) is 0 Å². The maximum Gasteiger partial charge on any atom is 0.270 e. The normalized spacial score (nSPS) is 13.1. The summed E-state index contributed by atoms with van der Waals surface area (Å²) in [4.78, 5) is 17.8. The molecule has 5 rings (SSSR count). The number of halogens is 2. The zero-order valence-electron chi connectivity index (χ0n) is 19.0. The van der Waals surface area contributed by atoms with Gasteiger partial charge in [-0.3, -0.25) is 25.0 Å². The number of fused-ring (bicyclic) bond motifs is 1. The minimum absolute atomic E-state index is 0.104. The molecule has 9 nitrogen and oxygen atoms in total. The van der Waals surface area contributed by atoms with Crippen molar-refractivity contribution in [3.05, 3.63) is 69.9 Å². The summed E-state index contributed by atoms with van der Waals surface area (Å²) < 4.78 is 16.7. The SMILES string of the molecule is Cc1nn(C)c2nc(C3CC3)cc(C(=O)NNC(=S)Nc3nn(Cc4cccc(F)c4)cc3Cl)c12. The molecule has 0 saturated heterocycles. The number of hydrogen-bond acceptors (Lipinski definition) is 5. The van der Waals surface area contributed by atoms with Crippen LogP contribution in [0.4, 0.5) is 10.2 Å². The predicted octanol–water partition coefficient (Wildman–Crippen LogP) is 3.82. The fraction of sp³-hybridized carbons (Fsp3) is 0.261. The molecule has 1 aliphatic rings. The average Bonchev–Trinajstić information content (AvgIpc) is 3.55.